The van der Waals surface area contributed by atoms with Gasteiger partial charge in [0.2, 0.25) is 0 Å². The number of hydrogen-bond acceptors (Lipinski definition) is 4. The Labute approximate surface area is 180 Å². The van der Waals surface area contributed by atoms with Crippen molar-refractivity contribution in [3.8, 4) is 0 Å². The van der Waals surface area contributed by atoms with Gasteiger partial charge in [-0.25, -0.2) is 4.90 Å². The highest BCUT2D eigenvalue weighted by molar-refractivity contribution is 6.35. The molecule has 1 aliphatic rings. The van der Waals surface area contributed by atoms with Crippen molar-refractivity contribution in [3.63, 3.8) is 0 Å². The maximum Gasteiger partial charge on any atom is 0.266 e. The third-order valence-electron chi connectivity index (χ3n) is 5.37. The van der Waals surface area contributed by atoms with Gasteiger partial charge in [-0.05, 0) is 68.1 Å². The first-order chi connectivity index (χ1) is 14.8. The Kier molecular flexibility index (Phi) is 5.42. The van der Waals surface area contributed by atoms with Gasteiger partial charge < -0.3 is 5.32 Å². The van der Waals surface area contributed by atoms with E-state index in [9.17, 15) is 14.4 Å². The predicted molar refractivity (Wildman–Crippen MR) is 117 cm³/mol. The molecular weight excluding hydrogens is 392 g/mol. The Morgan fingerprint density at radius 2 is 1.74 bits per heavy atom. The van der Waals surface area contributed by atoms with E-state index in [4.69, 9.17) is 0 Å². The summed E-state index contributed by atoms with van der Waals surface area (Å²) in [5, 5.41) is 7.08. The van der Waals surface area contributed by atoms with Gasteiger partial charge >= 0.3 is 0 Å². The lowest BCUT2D eigenvalue weighted by Gasteiger charge is -2.17. The van der Waals surface area contributed by atoms with Crippen LogP contribution in [0.5, 0.6) is 0 Å². The molecule has 0 bridgehead atoms. The van der Waals surface area contributed by atoms with E-state index in [2.05, 4.69) is 10.4 Å². The van der Waals surface area contributed by atoms with Crippen LogP contribution in [0.1, 0.15) is 54.2 Å². The van der Waals surface area contributed by atoms with Crippen molar-refractivity contribution in [2.45, 2.75) is 33.7 Å². The van der Waals surface area contributed by atoms with E-state index in [-0.39, 0.29) is 17.4 Å². The van der Waals surface area contributed by atoms with Crippen molar-refractivity contribution in [2.75, 3.05) is 11.4 Å². The number of hydrogen-bond donors (Lipinski definition) is 1. The van der Waals surface area contributed by atoms with Crippen LogP contribution in [0.3, 0.4) is 0 Å². The summed E-state index contributed by atoms with van der Waals surface area (Å²) < 4.78 is 1.84. The minimum atomic E-state index is -0.405. The number of nitrogens with zero attached hydrogens (tertiary/aromatic N) is 3. The molecular formula is C24H24N4O3. The molecule has 0 fully saturated rings. The Balaban J connectivity index is 1.46. The molecule has 7 nitrogen and oxygen atoms in total. The quantitative estimate of drug-likeness (QED) is 0.493. The number of carbonyl (C=O) groups excluding carboxylic acids is 3. The average Bonchev–Trinajstić information content (AvgIpc) is 3.27. The Bertz CT molecular complexity index is 1200. The highest BCUT2D eigenvalue weighted by Crippen LogP contribution is 2.31. The van der Waals surface area contributed by atoms with E-state index >= 15 is 0 Å². The van der Waals surface area contributed by atoms with Crippen LogP contribution < -0.4 is 10.2 Å². The van der Waals surface area contributed by atoms with Gasteiger partial charge in [0, 0.05) is 24.8 Å². The first kappa shape index (κ1) is 20.5. The average molecular weight is 416 g/mol. The lowest BCUT2D eigenvalue weighted by Crippen LogP contribution is -2.30. The number of rotatable bonds is 6. The summed E-state index contributed by atoms with van der Waals surface area (Å²) in [6.07, 6.45) is 4.48. The fourth-order valence-corrected chi connectivity index (χ4v) is 3.70. The number of imide groups is 1. The number of benzene rings is 2. The van der Waals surface area contributed by atoms with E-state index in [0.29, 0.717) is 29.9 Å². The number of nitrogens with one attached hydrogen (secondary N) is 1. The largest absolute Gasteiger partial charge is 0.352 e. The number of aromatic nitrogens is 2. The molecule has 0 saturated heterocycles. The third-order valence-corrected chi connectivity index (χ3v) is 5.37. The van der Waals surface area contributed by atoms with E-state index in [1.807, 2.05) is 49.8 Å². The van der Waals surface area contributed by atoms with Crippen molar-refractivity contribution >= 4 is 23.4 Å². The molecule has 1 aliphatic heterocycles. The standard InChI is InChI=1S/C24H24N4O3/c1-15-5-6-17(3)21(11-15)28-23(30)19-8-7-18(12-20(19)24(28)31)22(29)25-9-4-10-27-14-16(2)13-26-27/h5-8,11-14H,4,9-10H2,1-3H3,(H,25,29). The van der Waals surface area contributed by atoms with Crippen LogP contribution in [0.15, 0.2) is 48.8 Å². The van der Waals surface area contributed by atoms with Gasteiger partial charge in [0.1, 0.15) is 0 Å². The van der Waals surface area contributed by atoms with Crippen molar-refractivity contribution in [2.24, 2.45) is 0 Å². The Morgan fingerprint density at radius 1 is 0.968 bits per heavy atom. The first-order valence-corrected chi connectivity index (χ1v) is 10.2. The van der Waals surface area contributed by atoms with E-state index in [1.165, 1.54) is 11.0 Å². The summed E-state index contributed by atoms with van der Waals surface area (Å²) in [4.78, 5) is 39.7. The fourth-order valence-electron chi connectivity index (χ4n) is 3.70. The van der Waals surface area contributed by atoms with Crippen LogP contribution in [0.4, 0.5) is 5.69 Å². The Hall–Kier alpha value is -3.74. The van der Waals surface area contributed by atoms with Gasteiger partial charge in [0.05, 0.1) is 23.0 Å². The monoisotopic (exact) mass is 416 g/mol. The van der Waals surface area contributed by atoms with Gasteiger partial charge in [0.25, 0.3) is 17.7 Å². The highest BCUT2D eigenvalue weighted by atomic mass is 16.2. The molecule has 0 radical (unpaired) electrons. The topological polar surface area (TPSA) is 84.3 Å². The number of anilines is 1. The van der Waals surface area contributed by atoms with Crippen molar-refractivity contribution < 1.29 is 14.4 Å². The highest BCUT2D eigenvalue weighted by Gasteiger charge is 2.37. The van der Waals surface area contributed by atoms with E-state index in [1.54, 1.807) is 18.3 Å². The number of fused-ring (bicyclic) bond motifs is 1. The summed E-state index contributed by atoms with van der Waals surface area (Å²) in [7, 11) is 0. The molecule has 3 aromatic rings. The number of carbonyl (C=O) groups is 3. The smallest absolute Gasteiger partial charge is 0.266 e. The second kappa shape index (κ2) is 8.18. The Morgan fingerprint density at radius 3 is 2.48 bits per heavy atom. The summed E-state index contributed by atoms with van der Waals surface area (Å²) in [5.74, 6) is -1.04. The van der Waals surface area contributed by atoms with E-state index in [0.717, 1.165) is 23.1 Å². The summed E-state index contributed by atoms with van der Waals surface area (Å²) in [6.45, 7) is 6.94. The lowest BCUT2D eigenvalue weighted by atomic mass is 10.1. The molecule has 3 amide bonds. The van der Waals surface area contributed by atoms with Crippen LogP contribution in [0.25, 0.3) is 0 Å². The second-order valence-corrected chi connectivity index (χ2v) is 7.89. The molecule has 0 spiro atoms. The SMILES string of the molecule is Cc1ccc(C)c(N2C(=O)c3ccc(C(=O)NCCCn4cc(C)cn4)cc3C2=O)c1. The normalized spacial score (nSPS) is 12.9. The molecule has 0 saturated carbocycles. The molecule has 4 rings (SSSR count). The molecule has 2 heterocycles. The summed E-state index contributed by atoms with van der Waals surface area (Å²) in [5.41, 5.74) is 4.40. The molecule has 0 atom stereocenters. The van der Waals surface area contributed by atoms with Gasteiger partial charge in [-0.2, -0.15) is 5.10 Å². The van der Waals surface area contributed by atoms with Gasteiger partial charge in [-0.15, -0.1) is 0 Å². The second-order valence-electron chi connectivity index (χ2n) is 7.89. The maximum atomic E-state index is 13.0. The van der Waals surface area contributed by atoms with Crippen molar-refractivity contribution in [3.05, 3.63) is 82.2 Å². The van der Waals surface area contributed by atoms with Gasteiger partial charge in [-0.1, -0.05) is 12.1 Å². The van der Waals surface area contributed by atoms with Crippen LogP contribution in [0.2, 0.25) is 0 Å². The zero-order valence-corrected chi connectivity index (χ0v) is 17.8. The summed E-state index contributed by atoms with van der Waals surface area (Å²) in [6, 6.07) is 10.3. The van der Waals surface area contributed by atoms with Crippen LogP contribution in [-0.4, -0.2) is 34.0 Å². The lowest BCUT2D eigenvalue weighted by molar-refractivity contribution is 0.0923. The molecule has 0 aliphatic carbocycles. The zero-order chi connectivity index (χ0) is 22.1. The molecule has 2 aromatic carbocycles. The first-order valence-electron chi connectivity index (χ1n) is 10.2. The molecule has 158 valence electrons. The van der Waals surface area contributed by atoms with E-state index < -0.39 is 5.91 Å². The zero-order valence-electron chi connectivity index (χ0n) is 17.8. The fraction of sp³-hybridized carbons (Fsp3) is 0.250. The number of aryl methyl sites for hydroxylation is 4. The molecule has 1 N–H and O–H groups in total. The van der Waals surface area contributed by atoms with Gasteiger partial charge in [0.15, 0.2) is 0 Å². The number of amides is 3. The minimum Gasteiger partial charge on any atom is -0.352 e. The van der Waals surface area contributed by atoms with Crippen LogP contribution in [0, 0.1) is 20.8 Å². The molecule has 7 heteroatoms. The minimum absolute atomic E-state index is 0.255. The van der Waals surface area contributed by atoms with Crippen molar-refractivity contribution in [1.82, 2.24) is 15.1 Å². The van der Waals surface area contributed by atoms with Crippen LogP contribution in [-0.2, 0) is 6.54 Å². The van der Waals surface area contributed by atoms with Crippen LogP contribution >= 0.6 is 0 Å². The molecule has 1 aromatic heterocycles. The van der Waals surface area contributed by atoms with Gasteiger partial charge in [-0.3, -0.25) is 19.1 Å². The molecule has 31 heavy (non-hydrogen) atoms. The summed E-state index contributed by atoms with van der Waals surface area (Å²) >= 11 is 0. The predicted octanol–water partition coefficient (Wildman–Crippen LogP) is 3.43. The third kappa shape index (κ3) is 3.99. The maximum absolute atomic E-state index is 13.0. The van der Waals surface area contributed by atoms with Crippen molar-refractivity contribution in [1.29, 1.82) is 0 Å². The molecule has 0 unspecified atom stereocenters.